The fraction of sp³-hybridized carbons (Fsp3) is 0.300. The molecule has 0 saturated carbocycles. The first-order valence-corrected chi connectivity index (χ1v) is 7.82. The second-order valence-electron chi connectivity index (χ2n) is 3.64. The fourth-order valence-corrected chi connectivity index (χ4v) is 3.22. The molecule has 106 valence electrons. The smallest absolute Gasteiger partial charge is 0.242 e. The van der Waals surface area contributed by atoms with Crippen LogP contribution in [0.4, 0.5) is 4.39 Å². The van der Waals surface area contributed by atoms with Crippen LogP contribution in [0.25, 0.3) is 0 Å². The Labute approximate surface area is 126 Å². The highest BCUT2D eigenvalue weighted by atomic mass is 35.5. The summed E-state index contributed by atoms with van der Waals surface area (Å²) in [5.41, 5.74) is 5.28. The molecule has 1 aromatic rings. The summed E-state index contributed by atoms with van der Waals surface area (Å²) in [6, 6.07) is 2.27. The number of hydrogen-bond donors (Lipinski definition) is 2. The van der Waals surface area contributed by atoms with Crippen molar-refractivity contribution in [3.05, 3.63) is 28.0 Å². The molecule has 4 nitrogen and oxygen atoms in total. The van der Waals surface area contributed by atoms with Crippen molar-refractivity contribution in [1.82, 2.24) is 4.72 Å². The van der Waals surface area contributed by atoms with E-state index in [1.165, 1.54) is 0 Å². The van der Waals surface area contributed by atoms with Gasteiger partial charge in [0.25, 0.3) is 0 Å². The lowest BCUT2D eigenvalue weighted by Crippen LogP contribution is -2.26. The highest BCUT2D eigenvalue weighted by Gasteiger charge is 2.21. The van der Waals surface area contributed by atoms with E-state index >= 15 is 0 Å². The molecule has 0 saturated heterocycles. The Kier molecular flexibility index (Phi) is 5.94. The van der Waals surface area contributed by atoms with Gasteiger partial charge in [-0.3, -0.25) is 0 Å². The zero-order valence-electron chi connectivity index (χ0n) is 9.62. The summed E-state index contributed by atoms with van der Waals surface area (Å²) < 4.78 is 39.5. The molecule has 0 radical (unpaired) electrons. The van der Waals surface area contributed by atoms with Crippen molar-refractivity contribution in [1.29, 1.82) is 0 Å². The Balaban J connectivity index is 2.84. The molecule has 0 heterocycles. The molecule has 19 heavy (non-hydrogen) atoms. The van der Waals surface area contributed by atoms with Crippen LogP contribution in [-0.2, 0) is 10.0 Å². The number of sulfonamides is 1. The number of nitrogens with one attached hydrogen (secondary N) is 1. The lowest BCUT2D eigenvalue weighted by molar-refractivity contribution is 0.576. The van der Waals surface area contributed by atoms with E-state index in [9.17, 15) is 12.8 Å². The van der Waals surface area contributed by atoms with Crippen molar-refractivity contribution in [3.8, 4) is 0 Å². The van der Waals surface area contributed by atoms with E-state index in [-0.39, 0.29) is 16.5 Å². The van der Waals surface area contributed by atoms with Crippen LogP contribution in [0.2, 0.25) is 10.0 Å². The van der Waals surface area contributed by atoms with Crippen LogP contribution in [0.1, 0.15) is 12.8 Å². The molecule has 0 atom stereocenters. The molecule has 3 N–H and O–H groups in total. The Morgan fingerprint density at radius 1 is 1.42 bits per heavy atom. The number of rotatable bonds is 6. The largest absolute Gasteiger partial charge is 0.393 e. The number of thiocarbonyl (C=S) groups is 1. The van der Waals surface area contributed by atoms with Crippen molar-refractivity contribution >= 4 is 50.4 Å². The molecule has 1 aromatic carbocycles. The van der Waals surface area contributed by atoms with Crippen molar-refractivity contribution in [3.63, 3.8) is 0 Å². The van der Waals surface area contributed by atoms with E-state index in [4.69, 9.17) is 28.9 Å². The first kappa shape index (κ1) is 16.6. The van der Waals surface area contributed by atoms with E-state index in [0.717, 1.165) is 12.1 Å². The number of halogens is 3. The lowest BCUT2D eigenvalue weighted by atomic mass is 10.3. The molecule has 0 amide bonds. The monoisotopic (exact) mass is 344 g/mol. The number of benzene rings is 1. The third-order valence-corrected chi connectivity index (χ3v) is 4.66. The van der Waals surface area contributed by atoms with Gasteiger partial charge in [0, 0.05) is 6.54 Å². The maximum Gasteiger partial charge on any atom is 0.242 e. The minimum atomic E-state index is -3.89. The van der Waals surface area contributed by atoms with Gasteiger partial charge in [-0.25, -0.2) is 17.5 Å². The normalized spacial score (nSPS) is 11.5. The zero-order valence-corrected chi connectivity index (χ0v) is 12.8. The molecule has 0 aliphatic carbocycles. The molecular weight excluding hydrogens is 334 g/mol. The molecule has 0 spiro atoms. The summed E-state index contributed by atoms with van der Waals surface area (Å²) in [5, 5.41) is -0.772. The third-order valence-electron chi connectivity index (χ3n) is 2.18. The predicted molar refractivity (Wildman–Crippen MR) is 77.6 cm³/mol. The average molecular weight is 345 g/mol. The molecule has 0 unspecified atom stereocenters. The first-order valence-electron chi connectivity index (χ1n) is 5.17. The van der Waals surface area contributed by atoms with Crippen LogP contribution in [-0.4, -0.2) is 20.0 Å². The minimum absolute atomic E-state index is 0.125. The zero-order chi connectivity index (χ0) is 14.6. The molecule has 0 aromatic heterocycles. The van der Waals surface area contributed by atoms with Crippen molar-refractivity contribution in [2.24, 2.45) is 5.73 Å². The van der Waals surface area contributed by atoms with Crippen LogP contribution >= 0.6 is 35.4 Å². The topological polar surface area (TPSA) is 72.2 Å². The SMILES string of the molecule is NC(=S)CCCNS(=O)(=O)c1ccc(Cl)c(F)c1Cl. The summed E-state index contributed by atoms with van der Waals surface area (Å²) in [6.07, 6.45) is 0.864. The standard InChI is InChI=1S/C10H11Cl2FN2O2S2/c11-6-3-4-7(9(12)10(6)13)19(16,17)15-5-1-2-8(14)18/h3-4,15H,1-2,5H2,(H2,14,18). The molecule has 0 aliphatic heterocycles. The molecule has 1 rings (SSSR count). The highest BCUT2D eigenvalue weighted by Crippen LogP contribution is 2.29. The molecule has 0 aliphatic rings. The number of hydrogen-bond acceptors (Lipinski definition) is 3. The molecular formula is C10H11Cl2FN2O2S2. The van der Waals surface area contributed by atoms with E-state index in [1.807, 2.05) is 0 Å². The van der Waals surface area contributed by atoms with Gasteiger partial charge < -0.3 is 5.73 Å². The molecule has 9 heteroatoms. The fourth-order valence-electron chi connectivity index (χ4n) is 1.26. The van der Waals surface area contributed by atoms with Gasteiger partial charge in [-0.2, -0.15) is 0 Å². The van der Waals surface area contributed by atoms with Crippen LogP contribution in [0, 0.1) is 5.82 Å². The predicted octanol–water partition coefficient (Wildman–Crippen LogP) is 2.48. The second-order valence-corrected chi connectivity index (χ2v) is 6.69. The van der Waals surface area contributed by atoms with E-state index < -0.39 is 20.9 Å². The van der Waals surface area contributed by atoms with Gasteiger partial charge in [0.15, 0.2) is 5.82 Å². The maximum absolute atomic E-state index is 13.4. The second kappa shape index (κ2) is 6.81. The first-order chi connectivity index (χ1) is 8.75. The highest BCUT2D eigenvalue weighted by molar-refractivity contribution is 7.89. The minimum Gasteiger partial charge on any atom is -0.393 e. The summed E-state index contributed by atoms with van der Waals surface area (Å²) in [7, 11) is -3.89. The Morgan fingerprint density at radius 3 is 2.63 bits per heavy atom. The van der Waals surface area contributed by atoms with Gasteiger partial charge in [-0.05, 0) is 25.0 Å². The third kappa shape index (κ3) is 4.54. The van der Waals surface area contributed by atoms with E-state index in [0.29, 0.717) is 17.8 Å². The van der Waals surface area contributed by atoms with E-state index in [1.54, 1.807) is 0 Å². The average Bonchev–Trinajstić information content (AvgIpc) is 2.31. The van der Waals surface area contributed by atoms with Gasteiger partial charge in [0.2, 0.25) is 10.0 Å². The molecule has 0 bridgehead atoms. The summed E-state index contributed by atoms with van der Waals surface area (Å²) in [6.45, 7) is 0.125. The van der Waals surface area contributed by atoms with Gasteiger partial charge in [-0.1, -0.05) is 35.4 Å². The quantitative estimate of drug-likeness (QED) is 0.472. The Morgan fingerprint density at radius 2 is 2.05 bits per heavy atom. The summed E-state index contributed by atoms with van der Waals surface area (Å²) in [5.74, 6) is -0.964. The van der Waals surface area contributed by atoms with Crippen LogP contribution in [0.3, 0.4) is 0 Å². The Bertz CT molecular complexity index is 593. The van der Waals surface area contributed by atoms with Crippen LogP contribution < -0.4 is 10.5 Å². The van der Waals surface area contributed by atoms with Crippen LogP contribution in [0.5, 0.6) is 0 Å². The summed E-state index contributed by atoms with van der Waals surface area (Å²) >= 11 is 15.8. The van der Waals surface area contributed by atoms with Gasteiger partial charge in [-0.15, -0.1) is 0 Å². The maximum atomic E-state index is 13.4. The van der Waals surface area contributed by atoms with Crippen molar-refractivity contribution in [2.45, 2.75) is 17.7 Å². The van der Waals surface area contributed by atoms with Gasteiger partial charge in [0.1, 0.15) is 4.90 Å². The van der Waals surface area contributed by atoms with Gasteiger partial charge >= 0.3 is 0 Å². The van der Waals surface area contributed by atoms with Gasteiger partial charge in [0.05, 0.1) is 15.0 Å². The van der Waals surface area contributed by atoms with Crippen LogP contribution in [0.15, 0.2) is 17.0 Å². The Hall–Kier alpha value is -0.470. The summed E-state index contributed by atoms with van der Waals surface area (Å²) in [4.78, 5) is -0.0545. The van der Waals surface area contributed by atoms with Crippen molar-refractivity contribution < 1.29 is 12.8 Å². The lowest BCUT2D eigenvalue weighted by Gasteiger charge is -2.09. The number of nitrogens with two attached hydrogens (primary N) is 1. The van der Waals surface area contributed by atoms with Crippen molar-refractivity contribution in [2.75, 3.05) is 6.54 Å². The molecule has 0 fully saturated rings. The van der Waals surface area contributed by atoms with E-state index in [2.05, 4.69) is 16.9 Å².